The zero-order valence-corrected chi connectivity index (χ0v) is 10.7. The monoisotopic (exact) mass is 288 g/mol. The van der Waals surface area contributed by atoms with Crippen LogP contribution < -0.4 is 5.32 Å². The van der Waals surface area contributed by atoms with Crippen LogP contribution in [-0.2, 0) is 15.7 Å². The third-order valence-electron chi connectivity index (χ3n) is 2.98. The largest absolute Gasteiger partial charge is 0.418 e. The van der Waals surface area contributed by atoms with Crippen molar-refractivity contribution < 1.29 is 22.7 Å². The standard InChI is InChI=1S/C13H15F3N2O2/c14-13(15,16)10-3-1-2-4-11(10)17-12(19)9-18-5-7-20-8-6-18/h1-4H,5-9H2,(H,17,19). The Kier molecular flexibility index (Phi) is 4.61. The van der Waals surface area contributed by atoms with Crippen molar-refractivity contribution in [1.82, 2.24) is 4.90 Å². The number of hydrogen-bond acceptors (Lipinski definition) is 3. The molecule has 1 N–H and O–H groups in total. The number of halogens is 3. The number of ether oxygens (including phenoxy) is 1. The fraction of sp³-hybridized carbons (Fsp3) is 0.462. The lowest BCUT2D eigenvalue weighted by Crippen LogP contribution is -2.41. The number of nitrogens with zero attached hydrogens (tertiary/aromatic N) is 1. The number of rotatable bonds is 3. The molecule has 1 aromatic rings. The van der Waals surface area contributed by atoms with Crippen molar-refractivity contribution in [3.63, 3.8) is 0 Å². The maximum absolute atomic E-state index is 12.8. The number of amides is 1. The molecule has 1 aliphatic heterocycles. The second kappa shape index (κ2) is 6.23. The van der Waals surface area contributed by atoms with Crippen LogP contribution in [0, 0.1) is 0 Å². The van der Waals surface area contributed by atoms with Crippen LogP contribution in [-0.4, -0.2) is 43.7 Å². The van der Waals surface area contributed by atoms with Crippen molar-refractivity contribution in [1.29, 1.82) is 0 Å². The Bertz CT molecular complexity index is 471. The summed E-state index contributed by atoms with van der Waals surface area (Å²) in [5.74, 6) is -0.455. The van der Waals surface area contributed by atoms with E-state index in [1.807, 2.05) is 4.90 Å². The van der Waals surface area contributed by atoms with Gasteiger partial charge in [-0.2, -0.15) is 13.2 Å². The number of hydrogen-bond donors (Lipinski definition) is 1. The molecule has 0 aromatic heterocycles. The first-order chi connectivity index (χ1) is 9.47. The summed E-state index contributed by atoms with van der Waals surface area (Å²) in [5.41, 5.74) is -1.05. The highest BCUT2D eigenvalue weighted by Crippen LogP contribution is 2.34. The predicted molar refractivity (Wildman–Crippen MR) is 67.3 cm³/mol. The molecular weight excluding hydrogens is 273 g/mol. The summed E-state index contributed by atoms with van der Waals surface area (Å²) in [6.45, 7) is 2.34. The first-order valence-corrected chi connectivity index (χ1v) is 6.23. The molecule has 7 heteroatoms. The minimum atomic E-state index is -4.48. The topological polar surface area (TPSA) is 41.6 Å². The molecule has 4 nitrogen and oxygen atoms in total. The molecule has 0 bridgehead atoms. The second-order valence-electron chi connectivity index (χ2n) is 4.48. The van der Waals surface area contributed by atoms with Gasteiger partial charge in [0, 0.05) is 13.1 Å². The summed E-state index contributed by atoms with van der Waals surface area (Å²) < 4.78 is 43.5. The Balaban J connectivity index is 2.00. The van der Waals surface area contributed by atoms with Crippen LogP contribution in [0.4, 0.5) is 18.9 Å². The molecule has 0 unspecified atom stereocenters. The van der Waals surface area contributed by atoms with E-state index in [0.29, 0.717) is 26.3 Å². The molecule has 1 heterocycles. The summed E-state index contributed by atoms with van der Waals surface area (Å²) >= 11 is 0. The Hall–Kier alpha value is -1.60. The number of nitrogens with one attached hydrogen (secondary N) is 1. The van der Waals surface area contributed by atoms with Crippen molar-refractivity contribution in [3.05, 3.63) is 29.8 Å². The van der Waals surface area contributed by atoms with E-state index >= 15 is 0 Å². The van der Waals surface area contributed by atoms with Crippen LogP contribution in [0.3, 0.4) is 0 Å². The maximum Gasteiger partial charge on any atom is 0.418 e. The predicted octanol–water partition coefficient (Wildman–Crippen LogP) is 1.98. The van der Waals surface area contributed by atoms with Gasteiger partial charge in [-0.05, 0) is 12.1 Å². The van der Waals surface area contributed by atoms with Crippen molar-refractivity contribution >= 4 is 11.6 Å². The summed E-state index contributed by atoms with van der Waals surface area (Å²) in [4.78, 5) is 13.6. The van der Waals surface area contributed by atoms with Gasteiger partial charge >= 0.3 is 6.18 Å². The Morgan fingerprint density at radius 3 is 2.55 bits per heavy atom. The highest BCUT2D eigenvalue weighted by Gasteiger charge is 2.33. The minimum Gasteiger partial charge on any atom is -0.379 e. The SMILES string of the molecule is O=C(CN1CCOCC1)Nc1ccccc1C(F)(F)F. The van der Waals surface area contributed by atoms with Crippen molar-refractivity contribution in [2.75, 3.05) is 38.2 Å². The van der Waals surface area contributed by atoms with E-state index in [1.165, 1.54) is 18.2 Å². The molecule has 0 aliphatic carbocycles. The maximum atomic E-state index is 12.8. The summed E-state index contributed by atoms with van der Waals surface area (Å²) in [7, 11) is 0. The molecule has 2 rings (SSSR count). The number of carbonyl (C=O) groups excluding carboxylic acids is 1. The van der Waals surface area contributed by atoms with E-state index in [1.54, 1.807) is 0 Å². The van der Waals surface area contributed by atoms with Gasteiger partial charge in [-0.25, -0.2) is 0 Å². The Labute approximate surface area is 114 Å². The normalized spacial score (nSPS) is 16.9. The van der Waals surface area contributed by atoms with Gasteiger partial charge in [-0.15, -0.1) is 0 Å². The van der Waals surface area contributed by atoms with E-state index in [-0.39, 0.29) is 12.2 Å². The molecule has 1 amide bonds. The third kappa shape index (κ3) is 3.94. The van der Waals surface area contributed by atoms with Crippen LogP contribution in [0.5, 0.6) is 0 Å². The molecule has 110 valence electrons. The lowest BCUT2D eigenvalue weighted by Gasteiger charge is -2.26. The fourth-order valence-electron chi connectivity index (χ4n) is 1.99. The van der Waals surface area contributed by atoms with Gasteiger partial charge in [0.25, 0.3) is 0 Å². The smallest absolute Gasteiger partial charge is 0.379 e. The van der Waals surface area contributed by atoms with Crippen LogP contribution in [0.1, 0.15) is 5.56 Å². The lowest BCUT2D eigenvalue weighted by atomic mass is 10.1. The van der Waals surface area contributed by atoms with Gasteiger partial charge in [-0.3, -0.25) is 9.69 Å². The zero-order valence-electron chi connectivity index (χ0n) is 10.7. The average molecular weight is 288 g/mol. The molecule has 1 aromatic carbocycles. The molecule has 1 fully saturated rings. The Morgan fingerprint density at radius 1 is 1.25 bits per heavy atom. The number of anilines is 1. The fourth-order valence-corrected chi connectivity index (χ4v) is 1.99. The summed E-state index contributed by atoms with van der Waals surface area (Å²) in [5, 5.41) is 2.32. The van der Waals surface area contributed by atoms with Crippen molar-refractivity contribution in [2.45, 2.75) is 6.18 Å². The number of para-hydroxylation sites is 1. The summed E-state index contributed by atoms with van der Waals surface area (Å²) in [6.07, 6.45) is -4.48. The first-order valence-electron chi connectivity index (χ1n) is 6.23. The summed E-state index contributed by atoms with van der Waals surface area (Å²) in [6, 6.07) is 4.95. The van der Waals surface area contributed by atoms with Gasteiger partial charge in [-0.1, -0.05) is 12.1 Å². The average Bonchev–Trinajstić information content (AvgIpc) is 2.39. The second-order valence-corrected chi connectivity index (χ2v) is 4.48. The molecule has 1 saturated heterocycles. The van der Waals surface area contributed by atoms with Gasteiger partial charge < -0.3 is 10.1 Å². The minimum absolute atomic E-state index is 0.0650. The highest BCUT2D eigenvalue weighted by atomic mass is 19.4. The third-order valence-corrected chi connectivity index (χ3v) is 2.98. The molecule has 1 aliphatic rings. The zero-order chi connectivity index (χ0) is 14.6. The number of morpholine rings is 1. The van der Waals surface area contributed by atoms with E-state index in [0.717, 1.165) is 6.07 Å². The van der Waals surface area contributed by atoms with Gasteiger partial charge in [0.05, 0.1) is 31.0 Å². The van der Waals surface area contributed by atoms with Crippen LogP contribution >= 0.6 is 0 Å². The van der Waals surface area contributed by atoms with Crippen LogP contribution in [0.25, 0.3) is 0 Å². The van der Waals surface area contributed by atoms with E-state index in [9.17, 15) is 18.0 Å². The molecule has 0 spiro atoms. The lowest BCUT2D eigenvalue weighted by molar-refractivity contribution is -0.137. The van der Waals surface area contributed by atoms with Gasteiger partial charge in [0.15, 0.2) is 0 Å². The number of alkyl halides is 3. The molecule has 0 radical (unpaired) electrons. The van der Waals surface area contributed by atoms with Gasteiger partial charge in [0.1, 0.15) is 0 Å². The molecule has 0 atom stereocenters. The van der Waals surface area contributed by atoms with Crippen molar-refractivity contribution in [2.24, 2.45) is 0 Å². The number of benzene rings is 1. The van der Waals surface area contributed by atoms with E-state index in [4.69, 9.17) is 4.74 Å². The number of carbonyl (C=O) groups is 1. The van der Waals surface area contributed by atoms with Crippen LogP contribution in [0.2, 0.25) is 0 Å². The van der Waals surface area contributed by atoms with Crippen LogP contribution in [0.15, 0.2) is 24.3 Å². The molecule has 0 saturated carbocycles. The van der Waals surface area contributed by atoms with Crippen molar-refractivity contribution in [3.8, 4) is 0 Å². The van der Waals surface area contributed by atoms with Gasteiger partial charge in [0.2, 0.25) is 5.91 Å². The molecule has 20 heavy (non-hydrogen) atoms. The Morgan fingerprint density at radius 2 is 1.90 bits per heavy atom. The quantitative estimate of drug-likeness (QED) is 0.924. The highest BCUT2D eigenvalue weighted by molar-refractivity contribution is 5.93. The van der Waals surface area contributed by atoms with E-state index < -0.39 is 17.6 Å². The molecular formula is C13H15F3N2O2. The van der Waals surface area contributed by atoms with E-state index in [2.05, 4.69) is 5.32 Å². The first kappa shape index (κ1) is 14.8.